The molecule has 0 bridgehead atoms. The Morgan fingerprint density at radius 2 is 1.09 bits per heavy atom. The van der Waals surface area contributed by atoms with Crippen LogP contribution in [0.3, 0.4) is 0 Å². The molecule has 4 aliphatic heterocycles. The van der Waals surface area contributed by atoms with Crippen molar-refractivity contribution in [3.63, 3.8) is 0 Å². The van der Waals surface area contributed by atoms with Crippen LogP contribution in [-0.4, -0.2) is 168 Å². The summed E-state index contributed by atoms with van der Waals surface area (Å²) in [4.78, 5) is 36.7. The van der Waals surface area contributed by atoms with Gasteiger partial charge in [-0.3, -0.25) is 14.3 Å². The average Bonchev–Trinajstić information content (AvgIpc) is 3.42. The first kappa shape index (κ1) is 58.8. The minimum Gasteiger partial charge on any atom is -0.480 e. The predicted octanol–water partition coefficient (Wildman–Crippen LogP) is 7.86. The Bertz CT molecular complexity index is 3230. The molecule has 0 amide bonds. The number of nitrogens with one attached hydrogen (secondary N) is 2. The van der Waals surface area contributed by atoms with Crippen LogP contribution >= 0.6 is 11.6 Å². The van der Waals surface area contributed by atoms with Crippen molar-refractivity contribution < 1.29 is 44.6 Å². The van der Waals surface area contributed by atoms with Crippen molar-refractivity contribution in [2.75, 3.05) is 125 Å². The van der Waals surface area contributed by atoms with Crippen LogP contribution in [0.2, 0.25) is 5.02 Å². The molecule has 4 saturated heterocycles. The molecule has 2 N–H and O–H groups in total. The van der Waals surface area contributed by atoms with E-state index in [4.69, 9.17) is 40.5 Å². The third-order valence-electron chi connectivity index (χ3n) is 13.2. The summed E-state index contributed by atoms with van der Waals surface area (Å²) in [6, 6.07) is 9.28. The summed E-state index contributed by atoms with van der Waals surface area (Å²) in [5.41, 5.74) is 3.97. The summed E-state index contributed by atoms with van der Waals surface area (Å²) in [7, 11) is -4.41. The smallest absolute Gasteiger partial charge is 0.238 e. The lowest BCUT2D eigenvalue weighted by atomic mass is 9.99. The van der Waals surface area contributed by atoms with Crippen LogP contribution < -0.4 is 28.7 Å². The number of morpholine rings is 2. The summed E-state index contributed by atoms with van der Waals surface area (Å²) in [6.45, 7) is 13.5. The number of aromatic nitrogens is 6. The number of ether oxygens (including phenoxy) is 4. The molecule has 20 nitrogen and oxygen atoms in total. The van der Waals surface area contributed by atoms with E-state index in [-0.39, 0.29) is 41.4 Å². The van der Waals surface area contributed by atoms with Crippen molar-refractivity contribution in [2.45, 2.75) is 66.0 Å². The summed E-state index contributed by atoms with van der Waals surface area (Å²) >= 11 is 6.30. The quantitative estimate of drug-likeness (QED) is 0.112. The minimum absolute atomic E-state index is 0. The van der Waals surface area contributed by atoms with E-state index in [1.807, 2.05) is 18.7 Å². The number of methoxy groups -OCH3 is 2. The molecule has 6 aromatic rings. The van der Waals surface area contributed by atoms with Crippen molar-refractivity contribution >= 4 is 76.7 Å². The van der Waals surface area contributed by atoms with Gasteiger partial charge in [-0.1, -0.05) is 39.3 Å². The number of sulfonamides is 2. The van der Waals surface area contributed by atoms with Crippen LogP contribution in [-0.2, 0) is 36.1 Å². The number of fused-ring (bicyclic) bond motifs is 2. The molecular weight excluding hydrogens is 1060 g/mol. The predicted molar refractivity (Wildman–Crippen MR) is 298 cm³/mol. The second-order valence-corrected chi connectivity index (χ2v) is 22.5. The molecule has 0 aliphatic carbocycles. The lowest BCUT2D eigenvalue weighted by Crippen LogP contribution is -2.46. The number of rotatable bonds is 13. The fraction of sp³-hybridized carbons (Fsp3) is 0.500. The molecule has 4 aliphatic rings. The number of halogens is 3. The average molecular weight is 1130 g/mol. The lowest BCUT2D eigenvalue weighted by molar-refractivity contribution is 0.0897. The fourth-order valence-corrected chi connectivity index (χ4v) is 11.1. The number of anilines is 4. The van der Waals surface area contributed by atoms with Gasteiger partial charge in [-0.05, 0) is 93.8 Å². The van der Waals surface area contributed by atoms with Crippen LogP contribution in [0.15, 0.2) is 48.8 Å². The van der Waals surface area contributed by atoms with E-state index in [1.165, 1.54) is 77.0 Å². The van der Waals surface area contributed by atoms with Gasteiger partial charge in [0.1, 0.15) is 23.0 Å². The second kappa shape index (κ2) is 26.2. The number of pyridine rings is 2. The Labute approximate surface area is 455 Å². The van der Waals surface area contributed by atoms with Gasteiger partial charge < -0.3 is 33.6 Å². The monoisotopic (exact) mass is 1130 g/mol. The van der Waals surface area contributed by atoms with Crippen molar-refractivity contribution in [2.24, 2.45) is 0 Å². The number of hydrogen-bond donors (Lipinski definition) is 2. The van der Waals surface area contributed by atoms with E-state index >= 15 is 4.39 Å². The number of likely N-dealkylation sites (tertiary alicyclic amines) is 2. The summed E-state index contributed by atoms with van der Waals surface area (Å²) in [6.07, 6.45) is 11.2. The Morgan fingerprint density at radius 1 is 0.636 bits per heavy atom. The maximum Gasteiger partial charge on any atom is 0.238 e. The molecule has 0 saturated carbocycles. The van der Waals surface area contributed by atoms with Gasteiger partial charge >= 0.3 is 0 Å². The maximum atomic E-state index is 15.3. The van der Waals surface area contributed by atoms with Crippen molar-refractivity contribution in [3.8, 4) is 34.3 Å². The number of benzene rings is 2. The zero-order chi connectivity index (χ0) is 54.1. The third-order valence-corrected chi connectivity index (χ3v) is 14.7. The Morgan fingerprint density at radius 3 is 1.56 bits per heavy atom. The second-order valence-electron chi connectivity index (χ2n) is 18.6. The Balaban J connectivity index is 0.000000225. The van der Waals surface area contributed by atoms with Gasteiger partial charge in [0.25, 0.3) is 0 Å². The molecule has 0 spiro atoms. The number of nitrogens with zero attached hydrogens (tertiary/aromatic N) is 10. The van der Waals surface area contributed by atoms with Crippen LogP contribution in [0.1, 0.15) is 58.9 Å². The number of piperidine rings is 2. The van der Waals surface area contributed by atoms with Crippen molar-refractivity contribution in [3.05, 3.63) is 71.0 Å². The zero-order valence-corrected chi connectivity index (χ0v) is 46.0. The van der Waals surface area contributed by atoms with Gasteiger partial charge in [0, 0.05) is 73.1 Å². The molecule has 2 aromatic carbocycles. The van der Waals surface area contributed by atoms with Crippen LogP contribution in [0.4, 0.5) is 32.1 Å². The molecule has 4 aromatic heterocycles. The van der Waals surface area contributed by atoms with E-state index < -0.39 is 25.9 Å². The largest absolute Gasteiger partial charge is 0.480 e. The minimum atomic E-state index is -3.61. The molecule has 25 heteroatoms. The van der Waals surface area contributed by atoms with E-state index in [1.54, 1.807) is 18.3 Å². The van der Waals surface area contributed by atoms with E-state index in [0.29, 0.717) is 121 Å². The highest BCUT2D eigenvalue weighted by molar-refractivity contribution is 7.92. The van der Waals surface area contributed by atoms with Gasteiger partial charge in [0.2, 0.25) is 43.7 Å². The van der Waals surface area contributed by atoms with Gasteiger partial charge in [-0.25, -0.2) is 55.5 Å². The SMILES string of the molecule is C.CC.COc1ncc(-c2nc(N3CCOCC3)nc3c(CN4CCC(N5CCCCC5)CC4)cc(F)cc23)cc1NS(C)(=O)=O.COc1ncc(-c2nc(N3CCOCC3)nc3c(Cl)cc(F)cc23)cc1NS(C)(=O)=O. The number of hydrogen-bond acceptors (Lipinski definition) is 18. The Kier molecular flexibility index (Phi) is 20.0. The van der Waals surface area contributed by atoms with Crippen LogP contribution in [0, 0.1) is 11.6 Å². The maximum absolute atomic E-state index is 15.3. The summed E-state index contributed by atoms with van der Waals surface area (Å²) in [5, 5.41) is 1.07. The molecule has 4 fully saturated rings. The topological polar surface area (TPSA) is 220 Å². The molecule has 0 radical (unpaired) electrons. The molecular formula is C52H69ClF2N12O8S2. The molecule has 8 heterocycles. The van der Waals surface area contributed by atoms with Crippen molar-refractivity contribution in [1.82, 2.24) is 39.7 Å². The third kappa shape index (κ3) is 14.8. The van der Waals surface area contributed by atoms with Gasteiger partial charge in [-0.2, -0.15) is 0 Å². The first-order chi connectivity index (χ1) is 36.5. The molecule has 0 atom stereocenters. The van der Waals surface area contributed by atoms with Gasteiger partial charge in [0.15, 0.2) is 0 Å². The Hall–Kier alpha value is -5.89. The first-order valence-electron chi connectivity index (χ1n) is 25.4. The van der Waals surface area contributed by atoms with Gasteiger partial charge in [-0.15, -0.1) is 0 Å². The highest BCUT2D eigenvalue weighted by atomic mass is 35.5. The van der Waals surface area contributed by atoms with Crippen LogP contribution in [0.5, 0.6) is 11.8 Å². The normalized spacial score (nSPS) is 16.9. The lowest BCUT2D eigenvalue weighted by Gasteiger charge is -2.40. The molecule has 77 heavy (non-hydrogen) atoms. The van der Waals surface area contributed by atoms with Gasteiger partial charge in [0.05, 0.1) is 80.6 Å². The van der Waals surface area contributed by atoms with Crippen molar-refractivity contribution in [1.29, 1.82) is 0 Å². The summed E-state index contributed by atoms with van der Waals surface area (Å²) < 4.78 is 103. The zero-order valence-electron chi connectivity index (χ0n) is 43.6. The highest BCUT2D eigenvalue weighted by Crippen LogP contribution is 2.38. The van der Waals surface area contributed by atoms with Crippen LogP contribution in [0.25, 0.3) is 44.3 Å². The summed E-state index contributed by atoms with van der Waals surface area (Å²) in [5.74, 6) is 0.234. The van der Waals surface area contributed by atoms with E-state index in [9.17, 15) is 21.2 Å². The van der Waals surface area contributed by atoms with E-state index in [0.717, 1.165) is 44.0 Å². The molecule has 0 unspecified atom stereocenters. The first-order valence-corrected chi connectivity index (χ1v) is 29.5. The highest BCUT2D eigenvalue weighted by Gasteiger charge is 2.28. The fourth-order valence-electron chi connectivity index (χ4n) is 9.77. The molecule has 10 rings (SSSR count). The van der Waals surface area contributed by atoms with E-state index in [2.05, 4.69) is 44.1 Å². The standard InChI is InChI=1S/C30H40FN7O4S.C19H19ClFN5O4S.C2H6.CH4/c1-41-29-26(35-43(2,39)40)17-21(19-32-29)27-25-18-23(31)16-22(28(25)34-30(33-27)38-12-14-42-15-13-38)20-36-10-6-24(7-11-36)37-8-4-3-5-9-37;1-29-18-15(25-31(2,27)28)7-11(10-22-18)16-13-8-12(21)9-14(20)17(13)24-19(23-16)26-3-5-30-6-4-26;1-2;/h16-19,24,35H,3-15,20H2,1-2H3;7-10,25H,3-6H2,1-2H3;1-2H3;1H4. The molecule has 418 valence electrons.